The number of piperidine rings is 1. The maximum atomic E-state index is 12.6. The summed E-state index contributed by atoms with van der Waals surface area (Å²) in [6, 6.07) is 7.82. The van der Waals surface area contributed by atoms with Crippen LogP contribution in [0.1, 0.15) is 38.7 Å². The van der Waals surface area contributed by atoms with Crippen molar-refractivity contribution in [1.82, 2.24) is 4.90 Å². The van der Waals surface area contributed by atoms with E-state index in [2.05, 4.69) is 0 Å². The molecule has 1 aliphatic heterocycles. The fourth-order valence-electron chi connectivity index (χ4n) is 2.73. The van der Waals surface area contributed by atoms with E-state index in [1.165, 1.54) is 0 Å². The normalized spacial score (nSPS) is 24.7. The van der Waals surface area contributed by atoms with Crippen molar-refractivity contribution in [3.63, 3.8) is 0 Å². The molecular weight excluding hydrogens is 317 g/mol. The zero-order valence-electron chi connectivity index (χ0n) is 14.3. The number of allylic oxidation sites excluding steroid dienone is 2. The van der Waals surface area contributed by atoms with Crippen LogP contribution in [0.25, 0.3) is 0 Å². The van der Waals surface area contributed by atoms with Crippen molar-refractivity contribution < 1.29 is 18.0 Å². The zero-order chi connectivity index (χ0) is 18.3. The standard InChI is InChI=1S/C14H17F3N2O.C4H8/c1-9-11(10-5-3-2-4-6-10)7-12(18)13(20)19(9)8-14(15,16)17;1-3-4-2/h2-6,9,11-12H,7-8,18H2,1H3;3-4H,1-2H3/b;4-3-. The first-order valence-electron chi connectivity index (χ1n) is 7.96. The number of hydrogen-bond donors (Lipinski definition) is 1. The van der Waals surface area contributed by atoms with Crippen molar-refractivity contribution in [3.8, 4) is 0 Å². The van der Waals surface area contributed by atoms with Crippen LogP contribution in [0.3, 0.4) is 0 Å². The van der Waals surface area contributed by atoms with Gasteiger partial charge in [0.2, 0.25) is 5.91 Å². The summed E-state index contributed by atoms with van der Waals surface area (Å²) in [6.45, 7) is 4.40. The van der Waals surface area contributed by atoms with Gasteiger partial charge in [0.1, 0.15) is 6.54 Å². The summed E-state index contributed by atoms with van der Waals surface area (Å²) in [5.74, 6) is -0.798. The van der Waals surface area contributed by atoms with Crippen molar-refractivity contribution in [3.05, 3.63) is 48.0 Å². The predicted octanol–water partition coefficient (Wildman–Crippen LogP) is 3.86. The first-order valence-corrected chi connectivity index (χ1v) is 7.96. The number of amides is 1. The number of carbonyl (C=O) groups excluding carboxylic acids is 1. The summed E-state index contributed by atoms with van der Waals surface area (Å²) >= 11 is 0. The third-order valence-electron chi connectivity index (χ3n) is 4.09. The van der Waals surface area contributed by atoms with Crippen molar-refractivity contribution in [2.75, 3.05) is 6.54 Å². The Hall–Kier alpha value is -1.82. The summed E-state index contributed by atoms with van der Waals surface area (Å²) < 4.78 is 37.8. The van der Waals surface area contributed by atoms with E-state index >= 15 is 0 Å². The Morgan fingerprint density at radius 1 is 1.21 bits per heavy atom. The van der Waals surface area contributed by atoms with Crippen molar-refractivity contribution in [2.24, 2.45) is 5.73 Å². The van der Waals surface area contributed by atoms with Gasteiger partial charge in [-0.25, -0.2) is 0 Å². The third kappa shape index (κ3) is 5.67. The minimum absolute atomic E-state index is 0.175. The van der Waals surface area contributed by atoms with Crippen LogP contribution in [-0.4, -0.2) is 35.6 Å². The van der Waals surface area contributed by atoms with Gasteiger partial charge in [0.25, 0.3) is 0 Å². The number of alkyl halides is 3. The van der Waals surface area contributed by atoms with Gasteiger partial charge in [-0.15, -0.1) is 0 Å². The average Bonchev–Trinajstić information content (AvgIpc) is 2.55. The lowest BCUT2D eigenvalue weighted by Crippen LogP contribution is -2.57. The van der Waals surface area contributed by atoms with Gasteiger partial charge >= 0.3 is 6.18 Å². The molecule has 1 heterocycles. The van der Waals surface area contributed by atoms with Gasteiger partial charge in [-0.1, -0.05) is 42.5 Å². The molecule has 24 heavy (non-hydrogen) atoms. The molecule has 1 aromatic carbocycles. The molecule has 0 bridgehead atoms. The fraction of sp³-hybridized carbons (Fsp3) is 0.500. The molecule has 3 nitrogen and oxygen atoms in total. The maximum Gasteiger partial charge on any atom is 0.406 e. The van der Waals surface area contributed by atoms with Crippen LogP contribution in [0.5, 0.6) is 0 Å². The Kier molecular flexibility index (Phi) is 7.48. The highest BCUT2D eigenvalue weighted by atomic mass is 19.4. The second-order valence-corrected chi connectivity index (χ2v) is 5.85. The Bertz CT molecular complexity index is 539. The van der Waals surface area contributed by atoms with E-state index in [1.54, 1.807) is 6.92 Å². The number of rotatable bonds is 2. The smallest absolute Gasteiger partial charge is 0.329 e. The highest BCUT2D eigenvalue weighted by molar-refractivity contribution is 5.83. The quantitative estimate of drug-likeness (QED) is 0.830. The summed E-state index contributed by atoms with van der Waals surface area (Å²) in [6.07, 6.45) is -0.0411. The van der Waals surface area contributed by atoms with E-state index in [1.807, 2.05) is 56.3 Å². The molecule has 2 rings (SSSR count). The Morgan fingerprint density at radius 3 is 2.21 bits per heavy atom. The Labute approximate surface area is 141 Å². The second kappa shape index (κ2) is 8.87. The number of hydrogen-bond acceptors (Lipinski definition) is 2. The topological polar surface area (TPSA) is 46.3 Å². The number of nitrogens with zero attached hydrogens (tertiary/aromatic N) is 1. The first kappa shape index (κ1) is 20.2. The van der Waals surface area contributed by atoms with Crippen LogP contribution in [0.2, 0.25) is 0 Å². The van der Waals surface area contributed by atoms with E-state index in [-0.39, 0.29) is 5.92 Å². The lowest BCUT2D eigenvalue weighted by Gasteiger charge is -2.42. The molecule has 0 radical (unpaired) electrons. The molecule has 0 spiro atoms. The molecule has 0 aromatic heterocycles. The molecular formula is C18H25F3N2O. The van der Waals surface area contributed by atoms with Crippen LogP contribution >= 0.6 is 0 Å². The van der Waals surface area contributed by atoms with E-state index in [0.29, 0.717) is 6.42 Å². The zero-order valence-corrected chi connectivity index (χ0v) is 14.3. The molecule has 1 aliphatic rings. The van der Waals surface area contributed by atoms with Crippen LogP contribution in [0, 0.1) is 0 Å². The average molecular weight is 342 g/mol. The lowest BCUT2D eigenvalue weighted by molar-refractivity contribution is -0.170. The molecule has 1 aromatic rings. The van der Waals surface area contributed by atoms with E-state index in [9.17, 15) is 18.0 Å². The summed E-state index contributed by atoms with van der Waals surface area (Å²) in [7, 11) is 0. The van der Waals surface area contributed by atoms with Gasteiger partial charge in [-0.05, 0) is 32.8 Å². The number of likely N-dealkylation sites (tertiary alicyclic amines) is 1. The predicted molar refractivity (Wildman–Crippen MR) is 89.5 cm³/mol. The Balaban J connectivity index is 0.000000648. The monoisotopic (exact) mass is 342 g/mol. The number of nitrogens with two attached hydrogens (primary N) is 1. The van der Waals surface area contributed by atoms with Crippen LogP contribution < -0.4 is 5.73 Å². The number of halogens is 3. The molecule has 134 valence electrons. The minimum Gasteiger partial charge on any atom is -0.329 e. The van der Waals surface area contributed by atoms with E-state index in [4.69, 9.17) is 5.73 Å². The molecule has 3 unspecified atom stereocenters. The van der Waals surface area contributed by atoms with E-state index in [0.717, 1.165) is 10.5 Å². The molecule has 6 heteroatoms. The molecule has 1 fully saturated rings. The largest absolute Gasteiger partial charge is 0.406 e. The number of benzene rings is 1. The van der Waals surface area contributed by atoms with Crippen LogP contribution in [-0.2, 0) is 4.79 Å². The van der Waals surface area contributed by atoms with Crippen molar-refractivity contribution in [1.29, 1.82) is 0 Å². The number of carbonyl (C=O) groups is 1. The van der Waals surface area contributed by atoms with Gasteiger partial charge in [-0.2, -0.15) is 13.2 Å². The van der Waals surface area contributed by atoms with Gasteiger partial charge < -0.3 is 10.6 Å². The third-order valence-corrected chi connectivity index (χ3v) is 4.09. The molecule has 3 atom stereocenters. The van der Waals surface area contributed by atoms with Crippen LogP contribution in [0.4, 0.5) is 13.2 Å². The van der Waals surface area contributed by atoms with Crippen molar-refractivity contribution >= 4 is 5.91 Å². The minimum atomic E-state index is -4.41. The van der Waals surface area contributed by atoms with Gasteiger partial charge in [-0.3, -0.25) is 4.79 Å². The maximum absolute atomic E-state index is 12.6. The molecule has 0 aliphatic carbocycles. The highest BCUT2D eigenvalue weighted by Crippen LogP contribution is 2.34. The fourth-order valence-corrected chi connectivity index (χ4v) is 2.73. The molecule has 1 saturated heterocycles. The van der Waals surface area contributed by atoms with Gasteiger partial charge in [0.05, 0.1) is 6.04 Å². The van der Waals surface area contributed by atoms with Gasteiger partial charge in [0, 0.05) is 12.0 Å². The first-order chi connectivity index (χ1) is 11.2. The molecule has 2 N–H and O–H groups in total. The molecule has 0 saturated carbocycles. The summed E-state index contributed by atoms with van der Waals surface area (Å²) in [5.41, 5.74) is 6.63. The Morgan fingerprint density at radius 2 is 1.75 bits per heavy atom. The second-order valence-electron chi connectivity index (χ2n) is 5.85. The summed E-state index contributed by atoms with van der Waals surface area (Å²) in [4.78, 5) is 12.7. The van der Waals surface area contributed by atoms with Crippen molar-refractivity contribution in [2.45, 2.75) is 51.4 Å². The van der Waals surface area contributed by atoms with E-state index < -0.39 is 30.7 Å². The molecule has 1 amide bonds. The summed E-state index contributed by atoms with van der Waals surface area (Å²) in [5, 5.41) is 0. The van der Waals surface area contributed by atoms with Gasteiger partial charge in [0.15, 0.2) is 0 Å². The lowest BCUT2D eigenvalue weighted by atomic mass is 9.82. The van der Waals surface area contributed by atoms with Crippen LogP contribution in [0.15, 0.2) is 42.5 Å². The highest BCUT2D eigenvalue weighted by Gasteiger charge is 2.43. The SMILES string of the molecule is C/C=C\C.CC1C(c2ccccc2)CC(N)C(=O)N1CC(F)(F)F.